The quantitative estimate of drug-likeness (QED) is 0.871. The zero-order valence-electron chi connectivity index (χ0n) is 10.5. The molecule has 0 bridgehead atoms. The number of amides is 1. The van der Waals surface area contributed by atoms with Crippen molar-refractivity contribution in [2.24, 2.45) is 0 Å². The normalized spacial score (nSPS) is 16.5. The van der Waals surface area contributed by atoms with Crippen LogP contribution in [0.4, 0.5) is 0 Å². The zero-order valence-corrected chi connectivity index (χ0v) is 11.2. The van der Waals surface area contributed by atoms with Crippen LogP contribution in [0.2, 0.25) is 5.02 Å². The van der Waals surface area contributed by atoms with Crippen LogP contribution in [0.15, 0.2) is 24.3 Å². The minimum absolute atomic E-state index is 0.211. The number of halogens is 1. The lowest BCUT2D eigenvalue weighted by Gasteiger charge is -2.38. The van der Waals surface area contributed by atoms with Crippen molar-refractivity contribution in [1.29, 1.82) is 0 Å². The van der Waals surface area contributed by atoms with E-state index in [1.165, 1.54) is 0 Å². The van der Waals surface area contributed by atoms with Crippen LogP contribution in [0.1, 0.15) is 31.2 Å². The van der Waals surface area contributed by atoms with E-state index in [1.54, 1.807) is 12.1 Å². The Morgan fingerprint density at radius 3 is 2.37 bits per heavy atom. The first-order valence-corrected chi connectivity index (χ1v) is 6.68. The minimum Gasteiger partial charge on any atom is -0.480 e. The summed E-state index contributed by atoms with van der Waals surface area (Å²) in [4.78, 5) is 22.9. The molecule has 1 aromatic carbocycles. The van der Waals surface area contributed by atoms with Crippen LogP contribution in [-0.4, -0.2) is 22.5 Å². The maximum absolute atomic E-state index is 11.8. The van der Waals surface area contributed by atoms with E-state index in [0.29, 0.717) is 24.3 Å². The van der Waals surface area contributed by atoms with E-state index in [2.05, 4.69) is 5.32 Å². The van der Waals surface area contributed by atoms with E-state index in [9.17, 15) is 9.59 Å². The van der Waals surface area contributed by atoms with Gasteiger partial charge in [-0.2, -0.15) is 0 Å². The van der Waals surface area contributed by atoms with Crippen LogP contribution < -0.4 is 5.32 Å². The number of carbonyl (C=O) groups is 2. The molecule has 0 saturated heterocycles. The largest absolute Gasteiger partial charge is 0.480 e. The molecule has 1 fully saturated rings. The summed E-state index contributed by atoms with van der Waals surface area (Å²) in [5.41, 5.74) is -0.00518. The van der Waals surface area contributed by atoms with Crippen molar-refractivity contribution >= 4 is 23.5 Å². The summed E-state index contributed by atoms with van der Waals surface area (Å²) >= 11 is 5.78. The van der Waals surface area contributed by atoms with Crippen molar-refractivity contribution in [3.8, 4) is 0 Å². The molecule has 2 N–H and O–H groups in total. The highest BCUT2D eigenvalue weighted by atomic mass is 35.5. The molecule has 1 saturated carbocycles. The van der Waals surface area contributed by atoms with Gasteiger partial charge in [-0.05, 0) is 43.4 Å². The number of hydrogen-bond donors (Lipinski definition) is 2. The Labute approximate surface area is 116 Å². The fourth-order valence-electron chi connectivity index (χ4n) is 2.16. The van der Waals surface area contributed by atoms with Crippen LogP contribution in [0.25, 0.3) is 0 Å². The van der Waals surface area contributed by atoms with Crippen molar-refractivity contribution in [1.82, 2.24) is 5.32 Å². The van der Waals surface area contributed by atoms with Crippen molar-refractivity contribution in [2.75, 3.05) is 0 Å². The van der Waals surface area contributed by atoms with Crippen LogP contribution in [0, 0.1) is 0 Å². The molecule has 19 heavy (non-hydrogen) atoms. The molecule has 0 radical (unpaired) electrons. The third-order valence-electron chi connectivity index (χ3n) is 3.55. The first-order valence-electron chi connectivity index (χ1n) is 6.31. The molecule has 1 aliphatic rings. The molecular formula is C14H16ClNO3. The standard InChI is InChI=1S/C14H16ClNO3/c15-11-5-2-10(3-6-11)4-7-12(17)16-14(13(18)19)8-1-9-14/h2-3,5-6H,1,4,7-9H2,(H,16,17)(H,18,19). The van der Waals surface area contributed by atoms with E-state index < -0.39 is 11.5 Å². The first-order chi connectivity index (χ1) is 9.02. The molecule has 4 nitrogen and oxygen atoms in total. The number of carbonyl (C=O) groups excluding carboxylic acids is 1. The minimum atomic E-state index is -1.02. The highest BCUT2D eigenvalue weighted by Gasteiger charge is 2.45. The number of carboxylic acids is 1. The van der Waals surface area contributed by atoms with Crippen molar-refractivity contribution in [3.63, 3.8) is 0 Å². The van der Waals surface area contributed by atoms with Gasteiger partial charge in [-0.3, -0.25) is 4.79 Å². The van der Waals surface area contributed by atoms with E-state index in [0.717, 1.165) is 12.0 Å². The Morgan fingerprint density at radius 1 is 1.26 bits per heavy atom. The number of rotatable bonds is 5. The predicted octanol–water partition coefficient (Wildman–Crippen LogP) is 2.40. The van der Waals surface area contributed by atoms with Crippen molar-refractivity contribution < 1.29 is 14.7 Å². The summed E-state index contributed by atoms with van der Waals surface area (Å²) in [6.07, 6.45) is 2.77. The van der Waals surface area contributed by atoms with Crippen LogP contribution >= 0.6 is 11.6 Å². The number of carboxylic acid groups (broad SMARTS) is 1. The number of aryl methyl sites for hydroxylation is 1. The predicted molar refractivity (Wildman–Crippen MR) is 72.1 cm³/mol. The van der Waals surface area contributed by atoms with Gasteiger partial charge in [-0.15, -0.1) is 0 Å². The van der Waals surface area contributed by atoms with Crippen molar-refractivity contribution in [3.05, 3.63) is 34.9 Å². The Balaban J connectivity index is 1.85. The molecule has 0 unspecified atom stereocenters. The SMILES string of the molecule is O=C(CCc1ccc(Cl)cc1)NC1(C(=O)O)CCC1. The van der Waals surface area contributed by atoms with Crippen LogP contribution in [0.5, 0.6) is 0 Å². The monoisotopic (exact) mass is 281 g/mol. The number of nitrogens with one attached hydrogen (secondary N) is 1. The summed E-state index contributed by atoms with van der Waals surface area (Å²) in [6, 6.07) is 7.29. The lowest BCUT2D eigenvalue weighted by molar-refractivity contribution is -0.151. The maximum atomic E-state index is 11.8. The third kappa shape index (κ3) is 3.26. The van der Waals surface area contributed by atoms with Gasteiger partial charge in [-0.25, -0.2) is 4.79 Å². The summed E-state index contributed by atoms with van der Waals surface area (Å²) < 4.78 is 0. The Hall–Kier alpha value is -1.55. The Bertz CT molecular complexity index is 480. The van der Waals surface area contributed by atoms with E-state index in [4.69, 9.17) is 16.7 Å². The maximum Gasteiger partial charge on any atom is 0.329 e. The zero-order chi connectivity index (χ0) is 13.9. The summed E-state index contributed by atoms with van der Waals surface area (Å²) in [6.45, 7) is 0. The number of benzene rings is 1. The van der Waals surface area contributed by atoms with E-state index in [1.807, 2.05) is 12.1 Å². The first kappa shape index (κ1) is 13.9. The summed E-state index contributed by atoms with van der Waals surface area (Å²) in [5.74, 6) is -1.14. The molecule has 0 spiro atoms. The lowest BCUT2D eigenvalue weighted by atomic mass is 9.76. The summed E-state index contributed by atoms with van der Waals surface area (Å²) in [7, 11) is 0. The van der Waals surface area contributed by atoms with Crippen molar-refractivity contribution in [2.45, 2.75) is 37.6 Å². The highest BCUT2D eigenvalue weighted by molar-refractivity contribution is 6.30. The average Bonchev–Trinajstić information content (AvgIpc) is 2.32. The van der Waals surface area contributed by atoms with Gasteiger partial charge in [0, 0.05) is 11.4 Å². The number of aliphatic carboxylic acids is 1. The molecule has 0 aliphatic heterocycles. The Kier molecular flexibility index (Phi) is 4.10. The second-order valence-electron chi connectivity index (χ2n) is 4.92. The van der Waals surface area contributed by atoms with Gasteiger partial charge in [0.2, 0.25) is 5.91 Å². The molecule has 1 aromatic rings. The van der Waals surface area contributed by atoms with Gasteiger partial charge in [0.05, 0.1) is 0 Å². The Morgan fingerprint density at radius 2 is 1.89 bits per heavy atom. The summed E-state index contributed by atoms with van der Waals surface area (Å²) in [5, 5.41) is 12.4. The molecule has 1 amide bonds. The number of hydrogen-bond acceptors (Lipinski definition) is 2. The van der Waals surface area contributed by atoms with Gasteiger partial charge >= 0.3 is 5.97 Å². The van der Waals surface area contributed by atoms with Crippen LogP contribution in [-0.2, 0) is 16.0 Å². The average molecular weight is 282 g/mol. The van der Waals surface area contributed by atoms with Gasteiger partial charge in [0.25, 0.3) is 0 Å². The van der Waals surface area contributed by atoms with Gasteiger partial charge in [-0.1, -0.05) is 23.7 Å². The van der Waals surface area contributed by atoms with E-state index >= 15 is 0 Å². The third-order valence-corrected chi connectivity index (χ3v) is 3.80. The molecular weight excluding hydrogens is 266 g/mol. The molecule has 5 heteroatoms. The molecule has 1 aliphatic carbocycles. The second kappa shape index (κ2) is 5.61. The molecule has 0 aromatic heterocycles. The molecule has 102 valence electrons. The van der Waals surface area contributed by atoms with Gasteiger partial charge in [0.15, 0.2) is 0 Å². The topological polar surface area (TPSA) is 66.4 Å². The molecule has 0 heterocycles. The smallest absolute Gasteiger partial charge is 0.329 e. The van der Waals surface area contributed by atoms with Gasteiger partial charge < -0.3 is 10.4 Å². The lowest BCUT2D eigenvalue weighted by Crippen LogP contribution is -2.59. The highest BCUT2D eigenvalue weighted by Crippen LogP contribution is 2.32. The van der Waals surface area contributed by atoms with Gasteiger partial charge in [0.1, 0.15) is 5.54 Å². The second-order valence-corrected chi connectivity index (χ2v) is 5.35. The fourth-order valence-corrected chi connectivity index (χ4v) is 2.29. The molecule has 0 atom stereocenters. The van der Waals surface area contributed by atoms with E-state index in [-0.39, 0.29) is 12.3 Å². The fraction of sp³-hybridized carbons (Fsp3) is 0.429. The molecule has 2 rings (SSSR count). The van der Waals surface area contributed by atoms with Crippen LogP contribution in [0.3, 0.4) is 0 Å².